The fourth-order valence-electron chi connectivity index (χ4n) is 3.64. The van der Waals surface area contributed by atoms with Gasteiger partial charge in [-0.05, 0) is 55.6 Å². The van der Waals surface area contributed by atoms with Gasteiger partial charge in [0.25, 0.3) is 0 Å². The van der Waals surface area contributed by atoms with Crippen LogP contribution in [0, 0.1) is 0 Å². The molecule has 144 valence electrons. The van der Waals surface area contributed by atoms with Crippen molar-refractivity contribution in [1.82, 2.24) is 5.32 Å². The van der Waals surface area contributed by atoms with Gasteiger partial charge in [0, 0.05) is 11.6 Å². The third-order valence-electron chi connectivity index (χ3n) is 4.95. The molecule has 4 nitrogen and oxygen atoms in total. The van der Waals surface area contributed by atoms with Crippen LogP contribution < -0.4 is 16.0 Å². The lowest BCUT2D eigenvalue weighted by molar-refractivity contribution is 0.543. The maximum atomic E-state index is 6.11. The van der Waals surface area contributed by atoms with E-state index in [4.69, 9.17) is 16.6 Å². The first-order valence-electron chi connectivity index (χ1n) is 9.90. The molecule has 27 heavy (non-hydrogen) atoms. The molecule has 1 unspecified atom stereocenters. The molecule has 0 radical (unpaired) electrons. The van der Waals surface area contributed by atoms with Gasteiger partial charge in [-0.2, -0.15) is 0 Å². The highest BCUT2D eigenvalue weighted by molar-refractivity contribution is 6.30. The minimum atomic E-state index is -0.177. The number of nitrogens with one attached hydrogen (secondary N) is 3. The fraction of sp³-hybridized carbons (Fsp3) is 0.409. The lowest BCUT2D eigenvalue weighted by atomic mass is 9.89. The standard InChI is InChI=1S/C20H23ClN4.C2H6/c21-16-7-5-6-15(12-16)13-23-19-20(10-3-4-11-22-14-20)25-18-9-2-1-8-17(18)24-19;1-2/h1-2,5-9,12,22,25H,3-4,10-11,13-14H2,(H,23,24);1-2H3. The van der Waals surface area contributed by atoms with Crippen LogP contribution in [-0.2, 0) is 6.54 Å². The van der Waals surface area contributed by atoms with E-state index >= 15 is 0 Å². The molecule has 1 fully saturated rings. The van der Waals surface area contributed by atoms with Crippen molar-refractivity contribution >= 4 is 28.8 Å². The number of para-hydroxylation sites is 2. The molecule has 2 aromatic carbocycles. The molecule has 2 aliphatic heterocycles. The number of fused-ring (bicyclic) bond motifs is 1. The topological polar surface area (TPSA) is 48.5 Å². The normalized spacial score (nSPS) is 22.7. The summed E-state index contributed by atoms with van der Waals surface area (Å²) in [4.78, 5) is 4.96. The smallest absolute Gasteiger partial charge is 0.128 e. The predicted molar refractivity (Wildman–Crippen MR) is 117 cm³/mol. The number of hydrogen-bond acceptors (Lipinski definition) is 3. The predicted octanol–water partition coefficient (Wildman–Crippen LogP) is 5.31. The van der Waals surface area contributed by atoms with Crippen molar-refractivity contribution in [3.8, 4) is 0 Å². The molecule has 2 aromatic rings. The van der Waals surface area contributed by atoms with Crippen LogP contribution in [0.25, 0.3) is 0 Å². The molecule has 2 aliphatic rings. The van der Waals surface area contributed by atoms with Gasteiger partial charge in [0.05, 0.1) is 17.9 Å². The first kappa shape index (κ1) is 19.7. The van der Waals surface area contributed by atoms with Crippen molar-refractivity contribution in [2.24, 2.45) is 4.99 Å². The van der Waals surface area contributed by atoms with Crippen LogP contribution in [0.3, 0.4) is 0 Å². The largest absolute Gasteiger partial charge is 0.370 e. The average molecular weight is 385 g/mol. The zero-order valence-electron chi connectivity index (χ0n) is 16.2. The lowest BCUT2D eigenvalue weighted by Gasteiger charge is -2.41. The maximum Gasteiger partial charge on any atom is 0.128 e. The number of halogens is 1. The van der Waals surface area contributed by atoms with E-state index in [1.165, 1.54) is 12.8 Å². The summed E-state index contributed by atoms with van der Waals surface area (Å²) in [6.07, 6.45) is 3.45. The highest BCUT2D eigenvalue weighted by Crippen LogP contribution is 2.34. The quantitative estimate of drug-likeness (QED) is 0.657. The van der Waals surface area contributed by atoms with Crippen molar-refractivity contribution in [3.63, 3.8) is 0 Å². The highest BCUT2D eigenvalue weighted by atomic mass is 35.5. The Hall–Kier alpha value is -2.04. The second kappa shape index (κ2) is 9.25. The van der Waals surface area contributed by atoms with E-state index in [0.717, 1.165) is 47.3 Å². The van der Waals surface area contributed by atoms with Gasteiger partial charge in [-0.3, -0.25) is 4.99 Å². The molecule has 3 N–H and O–H groups in total. The highest BCUT2D eigenvalue weighted by Gasteiger charge is 2.40. The Morgan fingerprint density at radius 2 is 1.85 bits per heavy atom. The van der Waals surface area contributed by atoms with Crippen LogP contribution >= 0.6 is 11.6 Å². The van der Waals surface area contributed by atoms with E-state index in [2.05, 4.69) is 40.2 Å². The molecule has 0 aromatic heterocycles. The minimum Gasteiger partial charge on any atom is -0.370 e. The van der Waals surface area contributed by atoms with Crippen molar-refractivity contribution in [2.45, 2.75) is 45.2 Å². The molecule has 2 heterocycles. The number of anilines is 2. The van der Waals surface area contributed by atoms with Crippen molar-refractivity contribution in [3.05, 3.63) is 59.1 Å². The Bertz CT molecular complexity index is 779. The van der Waals surface area contributed by atoms with Crippen molar-refractivity contribution in [1.29, 1.82) is 0 Å². The molecule has 1 saturated heterocycles. The second-order valence-corrected chi connectivity index (χ2v) is 7.24. The van der Waals surface area contributed by atoms with Crippen LogP contribution in [-0.4, -0.2) is 24.5 Å². The molecule has 4 rings (SSSR count). The first-order valence-corrected chi connectivity index (χ1v) is 10.3. The summed E-state index contributed by atoms with van der Waals surface area (Å²) in [6.45, 7) is 6.56. The Balaban J connectivity index is 0.00000102. The average Bonchev–Trinajstić information content (AvgIpc) is 2.94. The van der Waals surface area contributed by atoms with E-state index < -0.39 is 0 Å². The van der Waals surface area contributed by atoms with Crippen molar-refractivity contribution in [2.75, 3.05) is 23.7 Å². The van der Waals surface area contributed by atoms with Gasteiger partial charge < -0.3 is 16.0 Å². The molecule has 0 amide bonds. The summed E-state index contributed by atoms with van der Waals surface area (Å²) in [7, 11) is 0. The van der Waals surface area contributed by atoms with Crippen LogP contribution in [0.1, 0.15) is 38.7 Å². The summed E-state index contributed by atoms with van der Waals surface area (Å²) in [5, 5.41) is 11.7. The minimum absolute atomic E-state index is 0.177. The van der Waals surface area contributed by atoms with E-state index in [-0.39, 0.29) is 5.54 Å². The molecule has 1 spiro atoms. The van der Waals surface area contributed by atoms with Gasteiger partial charge >= 0.3 is 0 Å². The number of nitrogens with zero attached hydrogens (tertiary/aromatic N) is 1. The Morgan fingerprint density at radius 3 is 2.67 bits per heavy atom. The number of aliphatic imine (C=N–C) groups is 1. The van der Waals surface area contributed by atoms with E-state index in [1.807, 2.05) is 38.1 Å². The van der Waals surface area contributed by atoms with E-state index in [0.29, 0.717) is 6.54 Å². The Labute approximate surface area is 167 Å². The zero-order valence-corrected chi connectivity index (χ0v) is 16.9. The molecule has 0 bridgehead atoms. The molecular weight excluding hydrogens is 356 g/mol. The van der Waals surface area contributed by atoms with Gasteiger partial charge in [0.2, 0.25) is 0 Å². The van der Waals surface area contributed by atoms with E-state index in [9.17, 15) is 0 Å². The van der Waals surface area contributed by atoms with E-state index in [1.54, 1.807) is 0 Å². The van der Waals surface area contributed by atoms with Gasteiger partial charge in [-0.25, -0.2) is 0 Å². The number of amidine groups is 1. The van der Waals surface area contributed by atoms with Gasteiger partial charge in [0.15, 0.2) is 0 Å². The third kappa shape index (κ3) is 4.63. The molecule has 0 saturated carbocycles. The van der Waals surface area contributed by atoms with Crippen molar-refractivity contribution < 1.29 is 0 Å². The third-order valence-corrected chi connectivity index (χ3v) is 5.19. The van der Waals surface area contributed by atoms with Crippen LogP contribution in [0.5, 0.6) is 0 Å². The number of rotatable bonds is 2. The molecule has 5 heteroatoms. The summed E-state index contributed by atoms with van der Waals surface area (Å²) in [6, 6.07) is 16.3. The zero-order chi connectivity index (χ0) is 19.1. The number of hydrogen-bond donors (Lipinski definition) is 3. The van der Waals surface area contributed by atoms with Crippen LogP contribution in [0.15, 0.2) is 53.5 Å². The Kier molecular flexibility index (Phi) is 6.75. The lowest BCUT2D eigenvalue weighted by Crippen LogP contribution is -2.57. The van der Waals surface area contributed by atoms with Crippen LogP contribution in [0.4, 0.5) is 11.4 Å². The maximum absolute atomic E-state index is 6.11. The van der Waals surface area contributed by atoms with Gasteiger partial charge in [0.1, 0.15) is 11.4 Å². The fourth-order valence-corrected chi connectivity index (χ4v) is 3.85. The molecule has 1 atom stereocenters. The molecular formula is C22H29ClN4. The summed E-state index contributed by atoms with van der Waals surface area (Å²) in [5.74, 6) is 1.01. The van der Waals surface area contributed by atoms with Crippen LogP contribution in [0.2, 0.25) is 5.02 Å². The van der Waals surface area contributed by atoms with Gasteiger partial charge in [-0.15, -0.1) is 0 Å². The Morgan fingerprint density at radius 1 is 1.04 bits per heavy atom. The van der Waals surface area contributed by atoms with Gasteiger partial charge in [-0.1, -0.05) is 49.7 Å². The summed E-state index contributed by atoms with van der Waals surface area (Å²) in [5.41, 5.74) is 3.18. The first-order chi connectivity index (χ1) is 13.3. The monoisotopic (exact) mass is 384 g/mol. The second-order valence-electron chi connectivity index (χ2n) is 6.81. The number of benzene rings is 2. The SMILES string of the molecule is CC.Clc1cccc(CN=C2Nc3ccccc3NC23CCCCNC3)c1. The molecule has 0 aliphatic carbocycles. The summed E-state index contributed by atoms with van der Waals surface area (Å²) >= 11 is 6.11. The summed E-state index contributed by atoms with van der Waals surface area (Å²) < 4.78 is 0.